The van der Waals surface area contributed by atoms with Crippen LogP contribution >= 0.6 is 0 Å². The minimum absolute atomic E-state index is 0.352. The Labute approximate surface area is 216 Å². The van der Waals surface area contributed by atoms with Gasteiger partial charge in [0, 0.05) is 17.0 Å². The summed E-state index contributed by atoms with van der Waals surface area (Å²) in [7, 11) is 0. The lowest BCUT2D eigenvalue weighted by Gasteiger charge is -2.11. The van der Waals surface area contributed by atoms with Crippen LogP contribution < -0.4 is 0 Å². The molecule has 1 aliphatic rings. The summed E-state index contributed by atoms with van der Waals surface area (Å²) >= 11 is 0. The van der Waals surface area contributed by atoms with Gasteiger partial charge in [0.2, 0.25) is 0 Å². The lowest BCUT2D eigenvalue weighted by atomic mass is 9.94. The fraction of sp³-hybridized carbons (Fsp3) is 0.111. The minimum atomic E-state index is 0.352. The highest BCUT2D eigenvalue weighted by atomic mass is 14.1. The van der Waals surface area contributed by atoms with Crippen LogP contribution in [-0.4, -0.2) is 0 Å². The summed E-state index contributed by atoms with van der Waals surface area (Å²) in [4.78, 5) is 0. The maximum absolute atomic E-state index is 3.14. The zero-order valence-corrected chi connectivity index (χ0v) is 21.3. The number of hydrogen-bond acceptors (Lipinski definition) is 0. The predicted octanol–water partition coefficient (Wildman–Crippen LogP) is 8.99. The molecule has 4 aromatic carbocycles. The Kier molecular flexibility index (Phi) is 8.53. The fourth-order valence-electron chi connectivity index (χ4n) is 4.02. The monoisotopic (exact) mass is 464 g/mol. The first kappa shape index (κ1) is 24.8. The van der Waals surface area contributed by atoms with Crippen LogP contribution in [0.2, 0.25) is 0 Å². The van der Waals surface area contributed by atoms with Crippen LogP contribution in [0.25, 0.3) is 5.57 Å². The molecule has 0 saturated carbocycles. The van der Waals surface area contributed by atoms with Gasteiger partial charge in [0.15, 0.2) is 0 Å². The molecule has 4 aromatic rings. The molecule has 0 nitrogen and oxygen atoms in total. The van der Waals surface area contributed by atoms with Crippen LogP contribution in [-0.2, 0) is 0 Å². The van der Waals surface area contributed by atoms with Crippen LogP contribution in [0.3, 0.4) is 0 Å². The summed E-state index contributed by atoms with van der Waals surface area (Å²) in [5, 5.41) is 0. The summed E-state index contributed by atoms with van der Waals surface area (Å²) < 4.78 is 0. The predicted molar refractivity (Wildman–Crippen MR) is 155 cm³/mol. The molecule has 0 aliphatic heterocycles. The van der Waals surface area contributed by atoms with Gasteiger partial charge in [0.25, 0.3) is 0 Å². The molecule has 0 heterocycles. The largest absolute Gasteiger partial charge is 0.0732 e. The van der Waals surface area contributed by atoms with Crippen molar-refractivity contribution in [3.8, 4) is 11.8 Å². The summed E-state index contributed by atoms with van der Waals surface area (Å²) in [5.41, 5.74) is 9.93. The van der Waals surface area contributed by atoms with Crippen molar-refractivity contribution in [1.29, 1.82) is 0 Å². The van der Waals surface area contributed by atoms with E-state index in [0.717, 1.165) is 11.1 Å². The zero-order chi connectivity index (χ0) is 25.2. The number of allylic oxidation sites excluding steroid dienone is 6. The molecule has 176 valence electrons. The SMILES string of the molecule is Cc1ccc(C#Cc2ccccc2)cc1.Cc1ccc(C2=CC=CC(c3ccccc3C)C=C2)cc1. The lowest BCUT2D eigenvalue weighted by Crippen LogP contribution is -1.93. The first-order valence-electron chi connectivity index (χ1n) is 12.4. The summed E-state index contributed by atoms with van der Waals surface area (Å²) in [6.45, 7) is 6.37. The van der Waals surface area contributed by atoms with Gasteiger partial charge < -0.3 is 0 Å². The van der Waals surface area contributed by atoms with E-state index in [4.69, 9.17) is 0 Å². The van der Waals surface area contributed by atoms with Crippen molar-refractivity contribution in [2.24, 2.45) is 0 Å². The Morgan fingerprint density at radius 1 is 0.556 bits per heavy atom. The quantitative estimate of drug-likeness (QED) is 0.260. The molecule has 5 rings (SSSR count). The Balaban J connectivity index is 0.000000179. The van der Waals surface area contributed by atoms with Crippen LogP contribution in [0.15, 0.2) is 134 Å². The summed E-state index contributed by atoms with van der Waals surface area (Å²) in [6.07, 6.45) is 11.2. The lowest BCUT2D eigenvalue weighted by molar-refractivity contribution is 1.06. The first-order valence-corrected chi connectivity index (χ1v) is 12.4. The minimum Gasteiger partial charge on any atom is -0.0732 e. The van der Waals surface area contributed by atoms with Crippen molar-refractivity contribution in [3.05, 3.63) is 172 Å². The van der Waals surface area contributed by atoms with Crippen molar-refractivity contribution in [2.45, 2.75) is 26.7 Å². The van der Waals surface area contributed by atoms with E-state index in [9.17, 15) is 0 Å². The fourth-order valence-corrected chi connectivity index (χ4v) is 4.02. The third-order valence-corrected chi connectivity index (χ3v) is 6.19. The molecule has 0 saturated heterocycles. The number of rotatable bonds is 2. The molecular formula is C36H32. The van der Waals surface area contributed by atoms with Gasteiger partial charge in [-0.3, -0.25) is 0 Å². The second kappa shape index (κ2) is 12.4. The van der Waals surface area contributed by atoms with E-state index in [1.807, 2.05) is 42.5 Å². The normalized spacial score (nSPS) is 14.0. The van der Waals surface area contributed by atoms with Crippen LogP contribution in [0.1, 0.15) is 44.9 Å². The molecule has 36 heavy (non-hydrogen) atoms. The van der Waals surface area contributed by atoms with Crippen molar-refractivity contribution in [2.75, 3.05) is 0 Å². The van der Waals surface area contributed by atoms with Crippen molar-refractivity contribution in [1.82, 2.24) is 0 Å². The molecular weight excluding hydrogens is 432 g/mol. The molecule has 0 bridgehead atoms. The van der Waals surface area contributed by atoms with Gasteiger partial charge in [-0.2, -0.15) is 0 Å². The van der Waals surface area contributed by atoms with Gasteiger partial charge in [-0.1, -0.05) is 132 Å². The molecule has 0 aromatic heterocycles. The highest BCUT2D eigenvalue weighted by molar-refractivity contribution is 5.76. The van der Waals surface area contributed by atoms with Crippen LogP contribution in [0.4, 0.5) is 0 Å². The third-order valence-electron chi connectivity index (χ3n) is 6.19. The average Bonchev–Trinajstić information content (AvgIpc) is 3.16. The maximum Gasteiger partial charge on any atom is 0.0249 e. The van der Waals surface area contributed by atoms with E-state index in [0.29, 0.717) is 5.92 Å². The molecule has 0 amide bonds. The van der Waals surface area contributed by atoms with E-state index in [2.05, 4.69) is 124 Å². The Hall–Kier alpha value is -4.34. The van der Waals surface area contributed by atoms with Crippen molar-refractivity contribution in [3.63, 3.8) is 0 Å². The van der Waals surface area contributed by atoms with Crippen molar-refractivity contribution < 1.29 is 0 Å². The summed E-state index contributed by atoms with van der Waals surface area (Å²) in [6, 6.07) is 35.6. The number of benzene rings is 4. The molecule has 1 atom stereocenters. The second-order valence-corrected chi connectivity index (χ2v) is 9.10. The van der Waals surface area contributed by atoms with Gasteiger partial charge in [-0.15, -0.1) is 0 Å². The standard InChI is InChI=1S/C21H20.C15H12/c1-16-10-12-19(13-11-16)18-7-5-8-20(15-14-18)21-9-4-3-6-17(21)2;1-13-7-9-15(10-8-13)12-11-14-5-3-2-4-6-14/h3-15,20H,1-2H3;2-10H,1H3. The van der Waals surface area contributed by atoms with E-state index in [-0.39, 0.29) is 0 Å². The van der Waals surface area contributed by atoms with Crippen molar-refractivity contribution >= 4 is 5.57 Å². The molecule has 1 unspecified atom stereocenters. The van der Waals surface area contributed by atoms with Crippen LogP contribution in [0, 0.1) is 32.6 Å². The second-order valence-electron chi connectivity index (χ2n) is 9.10. The highest BCUT2D eigenvalue weighted by Crippen LogP contribution is 2.27. The average molecular weight is 465 g/mol. The van der Waals surface area contributed by atoms with E-state index in [1.54, 1.807) is 0 Å². The highest BCUT2D eigenvalue weighted by Gasteiger charge is 2.09. The Morgan fingerprint density at radius 3 is 1.81 bits per heavy atom. The van der Waals surface area contributed by atoms with Crippen LogP contribution in [0.5, 0.6) is 0 Å². The Bertz CT molecular complexity index is 1420. The van der Waals surface area contributed by atoms with Gasteiger partial charge >= 0.3 is 0 Å². The first-order chi connectivity index (χ1) is 17.6. The molecule has 0 N–H and O–H groups in total. The molecule has 0 fully saturated rings. The Morgan fingerprint density at radius 2 is 1.14 bits per heavy atom. The topological polar surface area (TPSA) is 0 Å². The number of aryl methyl sites for hydroxylation is 3. The smallest absolute Gasteiger partial charge is 0.0249 e. The summed E-state index contributed by atoms with van der Waals surface area (Å²) in [5.74, 6) is 6.62. The van der Waals surface area contributed by atoms with Gasteiger partial charge in [0.1, 0.15) is 0 Å². The zero-order valence-electron chi connectivity index (χ0n) is 21.3. The number of hydrogen-bond donors (Lipinski definition) is 0. The molecule has 0 heteroatoms. The van der Waals surface area contributed by atoms with E-state index < -0.39 is 0 Å². The van der Waals surface area contributed by atoms with Gasteiger partial charge in [-0.25, -0.2) is 0 Å². The third kappa shape index (κ3) is 7.08. The van der Waals surface area contributed by atoms with Gasteiger partial charge in [-0.05, 0) is 67.3 Å². The molecule has 0 spiro atoms. The molecule has 1 aliphatic carbocycles. The molecule has 0 radical (unpaired) electrons. The van der Waals surface area contributed by atoms with E-state index >= 15 is 0 Å². The maximum atomic E-state index is 3.14. The van der Waals surface area contributed by atoms with Gasteiger partial charge in [0.05, 0.1) is 0 Å². The van der Waals surface area contributed by atoms with E-state index in [1.165, 1.54) is 33.4 Å².